The van der Waals surface area contributed by atoms with E-state index in [0.29, 0.717) is 16.9 Å². The molecular formula is C21H23F2N3O3. The van der Waals surface area contributed by atoms with Gasteiger partial charge in [-0.15, -0.1) is 0 Å². The van der Waals surface area contributed by atoms with Crippen LogP contribution in [0.5, 0.6) is 5.75 Å². The van der Waals surface area contributed by atoms with Crippen LogP contribution in [0, 0.1) is 6.92 Å². The van der Waals surface area contributed by atoms with Gasteiger partial charge >= 0.3 is 5.92 Å². The zero-order valence-electron chi connectivity index (χ0n) is 16.5. The molecule has 0 aliphatic heterocycles. The Morgan fingerprint density at radius 3 is 2.55 bits per heavy atom. The minimum atomic E-state index is -3.10. The highest BCUT2D eigenvalue weighted by Crippen LogP contribution is 2.26. The fourth-order valence-electron chi connectivity index (χ4n) is 2.38. The number of carbonyl (C=O) groups excluding carboxylic acids is 2. The second-order valence-electron chi connectivity index (χ2n) is 6.67. The van der Waals surface area contributed by atoms with Crippen LogP contribution >= 0.6 is 0 Å². The summed E-state index contributed by atoms with van der Waals surface area (Å²) in [4.78, 5) is 27.4. The molecule has 6 nitrogen and oxygen atoms in total. The van der Waals surface area contributed by atoms with Crippen molar-refractivity contribution < 1.29 is 23.1 Å². The highest BCUT2D eigenvalue weighted by Gasteiger charge is 2.31. The number of nitrogens with zero attached hydrogens (tertiary/aromatic N) is 1. The van der Waals surface area contributed by atoms with Crippen LogP contribution in [0.4, 0.5) is 14.6 Å². The maximum atomic E-state index is 13.6. The molecule has 29 heavy (non-hydrogen) atoms. The Balaban J connectivity index is 1.97. The third-order valence-corrected chi connectivity index (χ3v) is 4.05. The summed E-state index contributed by atoms with van der Waals surface area (Å²) in [5, 5.41) is 5.28. The number of ether oxygens (including phenoxy) is 1. The van der Waals surface area contributed by atoms with Crippen LogP contribution in [0.1, 0.15) is 35.3 Å². The van der Waals surface area contributed by atoms with E-state index in [1.165, 1.54) is 32.2 Å². The summed E-state index contributed by atoms with van der Waals surface area (Å²) in [6.07, 6.45) is 1.43. The van der Waals surface area contributed by atoms with Gasteiger partial charge in [0.15, 0.2) is 6.61 Å². The predicted octanol–water partition coefficient (Wildman–Crippen LogP) is 3.87. The van der Waals surface area contributed by atoms with Gasteiger partial charge in [-0.25, -0.2) is 4.98 Å². The number of halogens is 2. The van der Waals surface area contributed by atoms with Gasteiger partial charge in [-0.2, -0.15) is 8.78 Å². The molecular weight excluding hydrogens is 380 g/mol. The Bertz CT molecular complexity index is 929. The molecule has 0 radical (unpaired) electrons. The van der Waals surface area contributed by atoms with Crippen molar-refractivity contribution in [1.29, 1.82) is 0 Å². The summed E-state index contributed by atoms with van der Waals surface area (Å²) >= 11 is 0. The number of rotatable bonds is 8. The summed E-state index contributed by atoms with van der Waals surface area (Å²) in [5.74, 6) is -3.09. The molecule has 2 amide bonds. The highest BCUT2D eigenvalue weighted by atomic mass is 19.3. The molecule has 0 saturated heterocycles. The van der Waals surface area contributed by atoms with Gasteiger partial charge in [0.1, 0.15) is 11.6 Å². The van der Waals surface area contributed by atoms with Gasteiger partial charge in [0, 0.05) is 25.2 Å². The van der Waals surface area contributed by atoms with Crippen LogP contribution in [-0.2, 0) is 11.3 Å². The topological polar surface area (TPSA) is 80.3 Å². The lowest BCUT2D eigenvalue weighted by molar-refractivity contribution is -0.114. The van der Waals surface area contributed by atoms with Gasteiger partial charge in [-0.1, -0.05) is 18.7 Å². The maximum Gasteiger partial charge on any atom is 0.302 e. The zero-order chi connectivity index (χ0) is 21.6. The van der Waals surface area contributed by atoms with Gasteiger partial charge < -0.3 is 15.4 Å². The van der Waals surface area contributed by atoms with Gasteiger partial charge in [0.2, 0.25) is 5.91 Å². The summed E-state index contributed by atoms with van der Waals surface area (Å²) in [7, 11) is 0. The van der Waals surface area contributed by atoms with Gasteiger partial charge in [-0.05, 0) is 48.7 Å². The number of pyridine rings is 1. The molecule has 154 valence electrons. The number of hydrogen-bond acceptors (Lipinski definition) is 4. The zero-order valence-corrected chi connectivity index (χ0v) is 16.5. The third kappa shape index (κ3) is 6.38. The van der Waals surface area contributed by atoms with E-state index in [4.69, 9.17) is 4.74 Å². The monoisotopic (exact) mass is 403 g/mol. The molecule has 2 aromatic rings. The molecule has 0 saturated carbocycles. The van der Waals surface area contributed by atoms with Crippen LogP contribution in [-0.4, -0.2) is 29.3 Å². The van der Waals surface area contributed by atoms with Crippen LogP contribution in [0.2, 0.25) is 0 Å². The molecule has 1 heterocycles. The van der Waals surface area contributed by atoms with Crippen molar-refractivity contribution >= 4 is 17.6 Å². The van der Waals surface area contributed by atoms with Crippen molar-refractivity contribution in [2.75, 3.05) is 11.9 Å². The van der Waals surface area contributed by atoms with E-state index in [9.17, 15) is 18.4 Å². The molecule has 0 atom stereocenters. The summed E-state index contributed by atoms with van der Waals surface area (Å²) in [5.41, 5.74) is 1.55. The standard InChI is InChI=1S/C21H23F2N3O3/c1-13(2)21(22,23)12-29-18-6-5-16(9-14(18)3)11-25-20(28)17-7-8-24-19(10-17)26-15(4)27/h5-10H,1,11-12H2,2-4H3,(H,25,28)(H,24,26,27). The van der Waals surface area contributed by atoms with Crippen LogP contribution in [0.3, 0.4) is 0 Å². The smallest absolute Gasteiger partial charge is 0.302 e. The first kappa shape index (κ1) is 22.0. The van der Waals surface area contributed by atoms with E-state index in [2.05, 4.69) is 22.2 Å². The maximum absolute atomic E-state index is 13.6. The summed E-state index contributed by atoms with van der Waals surface area (Å²) < 4.78 is 32.4. The Labute approximate surface area is 168 Å². The van der Waals surface area contributed by atoms with Gasteiger partial charge in [0.25, 0.3) is 5.91 Å². The molecule has 2 N–H and O–H groups in total. The van der Waals surface area contributed by atoms with Crippen molar-refractivity contribution in [3.05, 3.63) is 65.4 Å². The third-order valence-electron chi connectivity index (χ3n) is 4.05. The number of alkyl halides is 2. The lowest BCUT2D eigenvalue weighted by Gasteiger charge is -2.18. The second-order valence-corrected chi connectivity index (χ2v) is 6.67. The minimum Gasteiger partial charge on any atom is -0.487 e. The van der Waals surface area contributed by atoms with Crippen LogP contribution in [0.25, 0.3) is 0 Å². The van der Waals surface area contributed by atoms with Gasteiger partial charge in [0.05, 0.1) is 0 Å². The van der Waals surface area contributed by atoms with Gasteiger partial charge in [-0.3, -0.25) is 9.59 Å². The average Bonchev–Trinajstić information content (AvgIpc) is 2.65. The number of nitrogens with one attached hydrogen (secondary N) is 2. The number of aromatic nitrogens is 1. The fraction of sp³-hybridized carbons (Fsp3) is 0.286. The molecule has 0 aliphatic rings. The average molecular weight is 403 g/mol. The number of amides is 2. The van der Waals surface area contributed by atoms with Crippen molar-refractivity contribution in [2.24, 2.45) is 0 Å². The number of aryl methyl sites for hydroxylation is 1. The summed E-state index contributed by atoms with van der Waals surface area (Å²) in [6, 6.07) is 8.04. The second kappa shape index (κ2) is 9.27. The lowest BCUT2D eigenvalue weighted by atomic mass is 10.1. The van der Waals surface area contributed by atoms with Crippen LogP contribution in [0.15, 0.2) is 48.7 Å². The van der Waals surface area contributed by atoms with E-state index in [1.807, 2.05) is 0 Å². The Kier molecular flexibility index (Phi) is 7.03. The first-order valence-corrected chi connectivity index (χ1v) is 8.86. The molecule has 0 aliphatic carbocycles. The Morgan fingerprint density at radius 2 is 1.93 bits per heavy atom. The number of hydrogen-bond donors (Lipinski definition) is 2. The largest absolute Gasteiger partial charge is 0.487 e. The van der Waals surface area contributed by atoms with Crippen molar-refractivity contribution in [3.63, 3.8) is 0 Å². The molecule has 1 aromatic heterocycles. The normalized spacial score (nSPS) is 10.9. The van der Waals surface area contributed by atoms with Crippen molar-refractivity contribution in [3.8, 4) is 5.75 Å². The molecule has 0 bridgehead atoms. The molecule has 0 unspecified atom stereocenters. The number of anilines is 1. The fourth-order valence-corrected chi connectivity index (χ4v) is 2.38. The SMILES string of the molecule is C=C(C)C(F)(F)COc1ccc(CNC(=O)c2ccnc(NC(C)=O)c2)cc1C. The molecule has 1 aromatic carbocycles. The molecule has 0 fully saturated rings. The first-order valence-electron chi connectivity index (χ1n) is 8.86. The molecule has 0 spiro atoms. The Morgan fingerprint density at radius 1 is 1.21 bits per heavy atom. The Hall–Kier alpha value is -3.29. The highest BCUT2D eigenvalue weighted by molar-refractivity contribution is 5.96. The van der Waals surface area contributed by atoms with E-state index in [1.54, 1.807) is 25.1 Å². The molecule has 8 heteroatoms. The van der Waals surface area contributed by atoms with E-state index < -0.39 is 12.5 Å². The van der Waals surface area contributed by atoms with E-state index >= 15 is 0 Å². The quantitative estimate of drug-likeness (QED) is 0.656. The van der Waals surface area contributed by atoms with Crippen LogP contribution < -0.4 is 15.4 Å². The van der Waals surface area contributed by atoms with Crippen molar-refractivity contribution in [2.45, 2.75) is 33.2 Å². The van der Waals surface area contributed by atoms with Crippen molar-refractivity contribution in [1.82, 2.24) is 10.3 Å². The minimum absolute atomic E-state index is 0.236. The molecule has 2 rings (SSSR count). The lowest BCUT2D eigenvalue weighted by Crippen LogP contribution is -2.26. The first-order chi connectivity index (χ1) is 13.6. The predicted molar refractivity (Wildman–Crippen MR) is 106 cm³/mol. The number of benzene rings is 1. The van der Waals surface area contributed by atoms with E-state index in [-0.39, 0.29) is 29.8 Å². The number of carbonyl (C=O) groups is 2. The van der Waals surface area contributed by atoms with E-state index in [0.717, 1.165) is 5.56 Å². The summed E-state index contributed by atoms with van der Waals surface area (Å²) in [6.45, 7) is 7.07.